The molecule has 4 rings (SSSR count). The van der Waals surface area contributed by atoms with Crippen molar-refractivity contribution < 1.29 is 27.8 Å². The fourth-order valence-electron chi connectivity index (χ4n) is 5.13. The van der Waals surface area contributed by atoms with Crippen LogP contribution in [0.3, 0.4) is 0 Å². The molecule has 232 valence electrons. The molecule has 0 saturated carbocycles. The highest BCUT2D eigenvalue weighted by Crippen LogP contribution is 2.45. The van der Waals surface area contributed by atoms with Crippen molar-refractivity contribution in [3.8, 4) is 16.9 Å². The van der Waals surface area contributed by atoms with Gasteiger partial charge in [-0.15, -0.1) is 0 Å². The van der Waals surface area contributed by atoms with Crippen molar-refractivity contribution in [2.24, 2.45) is 5.41 Å². The molecule has 0 amide bonds. The van der Waals surface area contributed by atoms with Gasteiger partial charge in [0.2, 0.25) is 0 Å². The van der Waals surface area contributed by atoms with Gasteiger partial charge in [0.05, 0.1) is 30.1 Å². The lowest BCUT2D eigenvalue weighted by molar-refractivity contribution is -0.166. The van der Waals surface area contributed by atoms with Crippen molar-refractivity contribution in [1.29, 1.82) is 0 Å². The first-order valence-corrected chi connectivity index (χ1v) is 15.1. The number of rotatable bonds is 10. The van der Waals surface area contributed by atoms with Gasteiger partial charge in [0.25, 0.3) is 0 Å². The first kappa shape index (κ1) is 32.7. The number of anilines is 1. The van der Waals surface area contributed by atoms with Crippen molar-refractivity contribution >= 4 is 23.3 Å². The number of carbonyl (C=O) groups excluding carboxylic acids is 1. The summed E-state index contributed by atoms with van der Waals surface area (Å²) in [6.07, 6.45) is 2.83. The van der Waals surface area contributed by atoms with Gasteiger partial charge in [0.15, 0.2) is 17.7 Å². The topological polar surface area (TPSA) is 60.9 Å². The van der Waals surface area contributed by atoms with E-state index in [1.807, 2.05) is 20.8 Å². The number of esters is 1. The minimum atomic E-state index is -1.14. The van der Waals surface area contributed by atoms with E-state index in [-0.39, 0.29) is 35.3 Å². The van der Waals surface area contributed by atoms with Crippen LogP contribution in [0.15, 0.2) is 48.7 Å². The van der Waals surface area contributed by atoms with E-state index >= 15 is 4.39 Å². The van der Waals surface area contributed by atoms with Gasteiger partial charge < -0.3 is 19.1 Å². The number of hydrogen-bond acceptors (Lipinski definition) is 6. The van der Waals surface area contributed by atoms with Crippen LogP contribution in [-0.4, -0.2) is 42.9 Å². The van der Waals surface area contributed by atoms with Crippen molar-refractivity contribution in [1.82, 2.24) is 4.98 Å². The maximum atomic E-state index is 15.4. The third kappa shape index (κ3) is 8.45. The van der Waals surface area contributed by atoms with Crippen LogP contribution in [-0.2, 0) is 20.7 Å². The number of nitrogens with zero attached hydrogens (tertiary/aromatic N) is 2. The van der Waals surface area contributed by atoms with Crippen LogP contribution in [0.25, 0.3) is 11.1 Å². The Balaban J connectivity index is 1.74. The van der Waals surface area contributed by atoms with Crippen molar-refractivity contribution in [2.75, 3.05) is 31.2 Å². The fraction of sp³-hybridized carbons (Fsp3) is 0.471. The molecule has 1 fully saturated rings. The Morgan fingerprint density at radius 3 is 2.37 bits per heavy atom. The number of aromatic nitrogens is 1. The van der Waals surface area contributed by atoms with E-state index in [0.717, 1.165) is 18.4 Å². The highest BCUT2D eigenvalue weighted by molar-refractivity contribution is 6.31. The summed E-state index contributed by atoms with van der Waals surface area (Å²) in [5, 5.41) is 0.132. The molecule has 0 unspecified atom stereocenters. The molecular formula is C34H41ClF2N2O4. The van der Waals surface area contributed by atoms with E-state index in [0.29, 0.717) is 41.9 Å². The molecule has 9 heteroatoms. The fourth-order valence-corrected chi connectivity index (χ4v) is 5.36. The standard InChI is InChI=1S/C34H41ClF2N2O4/c1-7-41-32(40)30(43-33(2,3)4)28-29(39-17-15-34(5,6)16-18-39)25(21-38-31(28)35)23-10-13-27(26(37)20-23)42-19-14-22-8-11-24(36)12-9-22/h8-13,20-21,30H,7,14-19H2,1-6H3/t30-/m0/s1. The zero-order chi connectivity index (χ0) is 31.4. The lowest BCUT2D eigenvalue weighted by Crippen LogP contribution is -2.39. The maximum absolute atomic E-state index is 15.4. The van der Waals surface area contributed by atoms with Gasteiger partial charge in [-0.3, -0.25) is 0 Å². The van der Waals surface area contributed by atoms with Gasteiger partial charge in [0.1, 0.15) is 11.0 Å². The van der Waals surface area contributed by atoms with Gasteiger partial charge in [-0.2, -0.15) is 0 Å². The van der Waals surface area contributed by atoms with Crippen LogP contribution in [0.5, 0.6) is 5.75 Å². The van der Waals surface area contributed by atoms with Crippen LogP contribution in [0, 0.1) is 17.0 Å². The van der Waals surface area contributed by atoms with Crippen LogP contribution < -0.4 is 9.64 Å². The summed E-state index contributed by atoms with van der Waals surface area (Å²) in [5.74, 6) is -1.30. The van der Waals surface area contributed by atoms with Crippen molar-refractivity contribution in [3.05, 3.63) is 76.6 Å². The van der Waals surface area contributed by atoms with Crippen LogP contribution in [0.4, 0.5) is 14.5 Å². The number of benzene rings is 2. The average molecular weight is 615 g/mol. The predicted octanol–water partition coefficient (Wildman–Crippen LogP) is 8.35. The summed E-state index contributed by atoms with van der Waals surface area (Å²) >= 11 is 6.76. The van der Waals surface area contributed by atoms with Crippen LogP contribution in [0.1, 0.15) is 71.6 Å². The summed E-state index contributed by atoms with van der Waals surface area (Å²) in [5.41, 5.74) is 2.64. The highest BCUT2D eigenvalue weighted by Gasteiger charge is 2.37. The van der Waals surface area contributed by atoms with Gasteiger partial charge in [0, 0.05) is 31.3 Å². The minimum Gasteiger partial charge on any atom is -0.490 e. The Morgan fingerprint density at radius 1 is 1.09 bits per heavy atom. The molecule has 0 aliphatic carbocycles. The molecule has 1 atom stereocenters. The molecule has 43 heavy (non-hydrogen) atoms. The molecule has 3 aromatic rings. The summed E-state index contributed by atoms with van der Waals surface area (Å²) < 4.78 is 46.1. The monoisotopic (exact) mass is 614 g/mol. The van der Waals surface area contributed by atoms with Gasteiger partial charge in [-0.1, -0.05) is 43.6 Å². The molecule has 1 saturated heterocycles. The van der Waals surface area contributed by atoms with Gasteiger partial charge in [-0.05, 0) is 81.3 Å². The normalized spacial score (nSPS) is 15.7. The lowest BCUT2D eigenvalue weighted by Gasteiger charge is -2.40. The number of carbonyl (C=O) groups is 1. The molecule has 6 nitrogen and oxygen atoms in total. The van der Waals surface area contributed by atoms with E-state index in [2.05, 4.69) is 23.7 Å². The Morgan fingerprint density at radius 2 is 1.77 bits per heavy atom. The number of halogens is 3. The average Bonchev–Trinajstić information content (AvgIpc) is 2.93. The minimum absolute atomic E-state index is 0.106. The molecule has 0 spiro atoms. The van der Waals surface area contributed by atoms with E-state index in [1.165, 1.54) is 18.2 Å². The number of hydrogen-bond donors (Lipinski definition) is 0. The van der Waals surface area contributed by atoms with Crippen LogP contribution in [0.2, 0.25) is 5.15 Å². The smallest absolute Gasteiger partial charge is 0.340 e. The lowest BCUT2D eigenvalue weighted by atomic mass is 9.82. The number of piperidine rings is 1. The van der Waals surface area contributed by atoms with E-state index in [4.69, 9.17) is 25.8 Å². The third-order valence-electron chi connectivity index (χ3n) is 7.51. The summed E-state index contributed by atoms with van der Waals surface area (Å²) in [6.45, 7) is 13.6. The first-order chi connectivity index (χ1) is 20.3. The van der Waals surface area contributed by atoms with Crippen molar-refractivity contribution in [3.63, 3.8) is 0 Å². The molecule has 1 aliphatic heterocycles. The van der Waals surface area contributed by atoms with Gasteiger partial charge in [-0.25, -0.2) is 18.6 Å². The Hall–Kier alpha value is -3.23. The second-order valence-corrected chi connectivity index (χ2v) is 13.0. The molecule has 2 heterocycles. The molecule has 1 aromatic heterocycles. The molecule has 0 bridgehead atoms. The third-order valence-corrected chi connectivity index (χ3v) is 7.81. The molecule has 2 aromatic carbocycles. The summed E-state index contributed by atoms with van der Waals surface area (Å²) in [4.78, 5) is 20.0. The molecule has 0 N–H and O–H groups in total. The summed E-state index contributed by atoms with van der Waals surface area (Å²) in [7, 11) is 0. The quantitative estimate of drug-likeness (QED) is 0.169. The molecule has 1 aliphatic rings. The zero-order valence-electron chi connectivity index (χ0n) is 25.8. The van der Waals surface area contributed by atoms with Crippen molar-refractivity contribution in [2.45, 2.75) is 72.5 Å². The highest BCUT2D eigenvalue weighted by atomic mass is 35.5. The Kier molecular flexibility index (Phi) is 10.3. The molecular weight excluding hydrogens is 574 g/mol. The summed E-state index contributed by atoms with van der Waals surface area (Å²) in [6, 6.07) is 10.9. The second-order valence-electron chi connectivity index (χ2n) is 12.6. The number of ether oxygens (including phenoxy) is 3. The maximum Gasteiger partial charge on any atom is 0.340 e. The van der Waals surface area contributed by atoms with Gasteiger partial charge >= 0.3 is 5.97 Å². The molecule has 0 radical (unpaired) electrons. The van der Waals surface area contributed by atoms with E-state index in [1.54, 1.807) is 37.4 Å². The van der Waals surface area contributed by atoms with E-state index < -0.39 is 23.5 Å². The zero-order valence-corrected chi connectivity index (χ0v) is 26.6. The SMILES string of the molecule is CCOC(=O)[C@@H](OC(C)(C)C)c1c(Cl)ncc(-c2ccc(OCCc3ccc(F)cc3)c(F)c2)c1N1CCC(C)(C)CC1. The van der Waals surface area contributed by atoms with E-state index in [9.17, 15) is 9.18 Å². The van der Waals surface area contributed by atoms with Crippen LogP contribution >= 0.6 is 11.6 Å². The Bertz CT molecular complexity index is 1410. The first-order valence-electron chi connectivity index (χ1n) is 14.7. The largest absolute Gasteiger partial charge is 0.490 e. The second kappa shape index (κ2) is 13.6. The predicted molar refractivity (Wildman–Crippen MR) is 166 cm³/mol. The number of pyridine rings is 1. The Labute approximate surface area is 258 Å².